The summed E-state index contributed by atoms with van der Waals surface area (Å²) in [5.74, 6) is 0.893. The van der Waals surface area contributed by atoms with E-state index in [1.54, 1.807) is 0 Å². The van der Waals surface area contributed by atoms with Gasteiger partial charge in [0.05, 0.1) is 36.3 Å². The van der Waals surface area contributed by atoms with Crippen LogP contribution in [0.15, 0.2) is 35.0 Å². The molecule has 0 N–H and O–H groups in total. The summed E-state index contributed by atoms with van der Waals surface area (Å²) in [6, 6.07) is 8.26. The highest BCUT2D eigenvalue weighted by molar-refractivity contribution is 5.21. The number of aryl methyl sites for hydroxylation is 3. The lowest BCUT2D eigenvalue weighted by Gasteiger charge is -2.33. The van der Waals surface area contributed by atoms with Crippen molar-refractivity contribution in [1.82, 2.24) is 24.8 Å². The van der Waals surface area contributed by atoms with Crippen LogP contribution in [0.4, 0.5) is 0 Å². The maximum Gasteiger partial charge on any atom is 0.138 e. The molecule has 0 unspecified atom stereocenters. The molecule has 0 fully saturated rings. The molecule has 7 heteroatoms. The van der Waals surface area contributed by atoms with Gasteiger partial charge in [-0.05, 0) is 39.0 Å². The molecular weight excluding hydrogens is 342 g/mol. The molecule has 0 radical (unpaired) electrons. The number of rotatable bonds is 6. The van der Waals surface area contributed by atoms with E-state index in [0.717, 1.165) is 42.5 Å². The average molecular weight is 367 g/mol. The van der Waals surface area contributed by atoms with E-state index in [1.165, 1.54) is 11.3 Å². The van der Waals surface area contributed by atoms with Crippen LogP contribution in [0.5, 0.6) is 0 Å². The van der Waals surface area contributed by atoms with Gasteiger partial charge in [0, 0.05) is 37.1 Å². The van der Waals surface area contributed by atoms with Gasteiger partial charge in [0.15, 0.2) is 0 Å². The third-order valence-electron chi connectivity index (χ3n) is 5.02. The Balaban J connectivity index is 1.42. The van der Waals surface area contributed by atoms with Crippen molar-refractivity contribution >= 4 is 0 Å². The largest absolute Gasteiger partial charge is 0.373 e. The van der Waals surface area contributed by atoms with Gasteiger partial charge in [-0.2, -0.15) is 5.10 Å². The molecule has 1 aliphatic heterocycles. The first-order chi connectivity index (χ1) is 13.1. The van der Waals surface area contributed by atoms with Crippen molar-refractivity contribution in [2.45, 2.75) is 46.5 Å². The summed E-state index contributed by atoms with van der Waals surface area (Å²) in [7, 11) is 0. The highest BCUT2D eigenvalue weighted by Crippen LogP contribution is 2.24. The Morgan fingerprint density at radius 1 is 1.22 bits per heavy atom. The summed E-state index contributed by atoms with van der Waals surface area (Å²) in [6.45, 7) is 9.63. The van der Waals surface area contributed by atoms with Crippen molar-refractivity contribution in [3.63, 3.8) is 0 Å². The number of pyridine rings is 1. The molecule has 3 aromatic heterocycles. The van der Waals surface area contributed by atoms with Gasteiger partial charge in [-0.25, -0.2) is 0 Å². The number of nitrogens with zero attached hydrogens (tertiary/aromatic N) is 5. The molecule has 142 valence electrons. The molecule has 0 amide bonds. The van der Waals surface area contributed by atoms with E-state index in [1.807, 2.05) is 45.2 Å². The van der Waals surface area contributed by atoms with Crippen LogP contribution < -0.4 is 0 Å². The zero-order valence-corrected chi connectivity index (χ0v) is 16.1. The predicted octanol–water partition coefficient (Wildman–Crippen LogP) is 2.97. The van der Waals surface area contributed by atoms with Crippen molar-refractivity contribution in [2.75, 3.05) is 13.2 Å². The van der Waals surface area contributed by atoms with Gasteiger partial charge < -0.3 is 9.26 Å². The summed E-state index contributed by atoms with van der Waals surface area (Å²) in [5.41, 5.74) is 5.31. The minimum Gasteiger partial charge on any atom is -0.373 e. The average Bonchev–Trinajstić information content (AvgIpc) is 3.24. The smallest absolute Gasteiger partial charge is 0.138 e. The van der Waals surface area contributed by atoms with E-state index in [4.69, 9.17) is 9.26 Å². The minimum absolute atomic E-state index is 0.175. The molecular formula is C20H25N5O2. The number of hydrogen-bond donors (Lipinski definition) is 0. The number of aromatic nitrogens is 4. The summed E-state index contributed by atoms with van der Waals surface area (Å²) >= 11 is 0. The second-order valence-corrected chi connectivity index (χ2v) is 7.18. The predicted molar refractivity (Wildman–Crippen MR) is 100.0 cm³/mol. The molecule has 4 rings (SSSR count). The van der Waals surface area contributed by atoms with Crippen molar-refractivity contribution in [3.05, 3.63) is 64.6 Å². The summed E-state index contributed by atoms with van der Waals surface area (Å²) in [4.78, 5) is 6.90. The molecule has 0 bridgehead atoms. The van der Waals surface area contributed by atoms with E-state index in [-0.39, 0.29) is 6.04 Å². The Labute approximate surface area is 158 Å². The first kappa shape index (κ1) is 17.9. The Hall–Kier alpha value is -2.51. The fourth-order valence-corrected chi connectivity index (χ4v) is 3.64. The number of ether oxygens (including phenoxy) is 1. The molecule has 0 saturated carbocycles. The van der Waals surface area contributed by atoms with E-state index in [2.05, 4.69) is 30.9 Å². The Morgan fingerprint density at radius 3 is 2.89 bits per heavy atom. The Kier molecular flexibility index (Phi) is 5.05. The normalized spacial score (nSPS) is 17.2. The maximum absolute atomic E-state index is 5.99. The third kappa shape index (κ3) is 3.94. The van der Waals surface area contributed by atoms with Gasteiger partial charge in [-0.1, -0.05) is 11.2 Å². The van der Waals surface area contributed by atoms with Crippen LogP contribution in [0.25, 0.3) is 0 Å². The monoisotopic (exact) mass is 367 g/mol. The van der Waals surface area contributed by atoms with Crippen LogP contribution in [0.1, 0.15) is 40.1 Å². The molecule has 0 saturated heterocycles. The topological polar surface area (TPSA) is 69.2 Å². The fraction of sp³-hybridized carbons (Fsp3) is 0.450. The van der Waals surface area contributed by atoms with E-state index in [9.17, 15) is 0 Å². The van der Waals surface area contributed by atoms with E-state index < -0.39 is 0 Å². The van der Waals surface area contributed by atoms with E-state index in [0.29, 0.717) is 13.2 Å². The van der Waals surface area contributed by atoms with Crippen LogP contribution in [0.3, 0.4) is 0 Å². The lowest BCUT2D eigenvalue weighted by molar-refractivity contribution is 0.0518. The molecule has 3 aromatic rings. The standard InChI is InChI=1S/C20H25N5O2/c1-14-5-4-6-17(22-14)12-26-13-19-10-24(9-18-7-8-21-25(18)19)11-20-15(2)23-27-16(20)3/h4-8,19H,9-13H2,1-3H3/t19-/m0/s1. The molecule has 0 aliphatic carbocycles. The molecule has 4 heterocycles. The molecule has 0 spiro atoms. The highest BCUT2D eigenvalue weighted by Gasteiger charge is 2.27. The lowest BCUT2D eigenvalue weighted by atomic mass is 10.1. The van der Waals surface area contributed by atoms with Gasteiger partial charge in [-0.3, -0.25) is 14.6 Å². The third-order valence-corrected chi connectivity index (χ3v) is 5.02. The van der Waals surface area contributed by atoms with Gasteiger partial charge in [0.25, 0.3) is 0 Å². The van der Waals surface area contributed by atoms with Gasteiger partial charge in [0.2, 0.25) is 0 Å². The second-order valence-electron chi connectivity index (χ2n) is 7.18. The van der Waals surface area contributed by atoms with Crippen LogP contribution >= 0.6 is 0 Å². The number of fused-ring (bicyclic) bond motifs is 1. The Morgan fingerprint density at radius 2 is 2.11 bits per heavy atom. The van der Waals surface area contributed by atoms with Crippen LogP contribution in [-0.4, -0.2) is 38.0 Å². The molecule has 1 aliphatic rings. The fourth-order valence-electron chi connectivity index (χ4n) is 3.64. The van der Waals surface area contributed by atoms with Crippen LogP contribution in [0.2, 0.25) is 0 Å². The van der Waals surface area contributed by atoms with Crippen LogP contribution in [-0.2, 0) is 24.4 Å². The van der Waals surface area contributed by atoms with Gasteiger partial charge >= 0.3 is 0 Å². The summed E-state index contributed by atoms with van der Waals surface area (Å²) in [6.07, 6.45) is 1.86. The summed E-state index contributed by atoms with van der Waals surface area (Å²) in [5, 5.41) is 8.58. The molecule has 7 nitrogen and oxygen atoms in total. The van der Waals surface area contributed by atoms with Gasteiger partial charge in [0.1, 0.15) is 5.76 Å². The first-order valence-corrected chi connectivity index (χ1v) is 9.27. The maximum atomic E-state index is 5.99. The zero-order chi connectivity index (χ0) is 18.8. The van der Waals surface area contributed by atoms with Crippen molar-refractivity contribution in [1.29, 1.82) is 0 Å². The molecule has 27 heavy (non-hydrogen) atoms. The second kappa shape index (κ2) is 7.62. The Bertz CT molecular complexity index is 897. The van der Waals surface area contributed by atoms with Crippen molar-refractivity contribution in [3.8, 4) is 0 Å². The van der Waals surface area contributed by atoms with E-state index >= 15 is 0 Å². The quantitative estimate of drug-likeness (QED) is 0.667. The first-order valence-electron chi connectivity index (χ1n) is 9.27. The minimum atomic E-state index is 0.175. The SMILES string of the molecule is Cc1cccc(COC[C@@H]2CN(Cc3c(C)noc3C)Cc3ccnn32)n1. The van der Waals surface area contributed by atoms with Crippen molar-refractivity contribution < 1.29 is 9.26 Å². The zero-order valence-electron chi connectivity index (χ0n) is 16.1. The lowest BCUT2D eigenvalue weighted by Crippen LogP contribution is -2.39. The molecule has 0 aromatic carbocycles. The van der Waals surface area contributed by atoms with Crippen LogP contribution in [0, 0.1) is 20.8 Å². The summed E-state index contributed by atoms with van der Waals surface area (Å²) < 4.78 is 13.4. The van der Waals surface area contributed by atoms with Gasteiger partial charge in [-0.15, -0.1) is 0 Å². The highest BCUT2D eigenvalue weighted by atomic mass is 16.5. The molecule has 1 atom stereocenters. The van der Waals surface area contributed by atoms with Crippen molar-refractivity contribution in [2.24, 2.45) is 0 Å². The number of hydrogen-bond acceptors (Lipinski definition) is 6.